The molecule has 17 heavy (non-hydrogen) atoms. The minimum absolute atomic E-state index is 0.0408. The number of nitrogens with two attached hydrogens (primary N) is 1. The summed E-state index contributed by atoms with van der Waals surface area (Å²) < 4.78 is 27.2. The van der Waals surface area contributed by atoms with Crippen molar-refractivity contribution in [1.82, 2.24) is 4.31 Å². The van der Waals surface area contributed by atoms with Gasteiger partial charge in [0.25, 0.3) is 0 Å². The molecule has 0 amide bonds. The Kier molecular flexibility index (Phi) is 3.94. The first-order valence-corrected chi connectivity index (χ1v) is 8.48. The molecule has 1 saturated heterocycles. The maximum atomic E-state index is 12.4. The zero-order chi connectivity index (χ0) is 12.6. The zero-order valence-corrected chi connectivity index (χ0v) is 12.7. The summed E-state index contributed by atoms with van der Waals surface area (Å²) in [5.41, 5.74) is 5.83. The summed E-state index contributed by atoms with van der Waals surface area (Å²) in [4.78, 5) is 1.22. The summed E-state index contributed by atoms with van der Waals surface area (Å²) in [7, 11) is -3.37. The molecule has 1 aromatic heterocycles. The van der Waals surface area contributed by atoms with E-state index in [0.717, 1.165) is 21.5 Å². The number of rotatable bonds is 2. The molecule has 2 N–H and O–H groups in total. The van der Waals surface area contributed by atoms with E-state index in [1.165, 1.54) is 15.6 Å². The average Bonchev–Trinajstić information content (AvgIpc) is 2.58. The lowest BCUT2D eigenvalue weighted by atomic mass is 10.1. The Balaban J connectivity index is 2.33. The van der Waals surface area contributed by atoms with E-state index in [2.05, 4.69) is 15.9 Å². The first kappa shape index (κ1) is 13.5. The van der Waals surface area contributed by atoms with Crippen molar-refractivity contribution in [2.45, 2.75) is 30.7 Å². The van der Waals surface area contributed by atoms with Gasteiger partial charge in [0.05, 0.1) is 8.68 Å². The van der Waals surface area contributed by atoms with Gasteiger partial charge >= 0.3 is 0 Å². The van der Waals surface area contributed by atoms with Gasteiger partial charge in [-0.2, -0.15) is 4.31 Å². The number of hydrogen-bond acceptors (Lipinski definition) is 4. The molecule has 1 aliphatic rings. The number of sulfonamides is 1. The minimum atomic E-state index is -3.37. The van der Waals surface area contributed by atoms with Gasteiger partial charge in [-0.3, -0.25) is 0 Å². The average molecular weight is 339 g/mol. The van der Waals surface area contributed by atoms with Crippen LogP contribution < -0.4 is 5.73 Å². The molecule has 0 spiro atoms. The Bertz CT molecular complexity index is 512. The molecule has 1 aromatic rings. The van der Waals surface area contributed by atoms with Gasteiger partial charge in [-0.25, -0.2) is 8.42 Å². The van der Waals surface area contributed by atoms with Crippen molar-refractivity contribution in [1.29, 1.82) is 0 Å². The monoisotopic (exact) mass is 338 g/mol. The SMILES string of the molecule is Cc1sc(Br)cc1S(=O)(=O)N1CCCC(N)C1. The van der Waals surface area contributed by atoms with E-state index in [9.17, 15) is 8.42 Å². The number of hydrogen-bond donors (Lipinski definition) is 1. The fraction of sp³-hybridized carbons (Fsp3) is 0.600. The molecule has 1 fully saturated rings. The number of piperidine rings is 1. The lowest BCUT2D eigenvalue weighted by Gasteiger charge is -2.29. The van der Waals surface area contributed by atoms with Gasteiger partial charge < -0.3 is 5.73 Å². The molecule has 0 bridgehead atoms. The third-order valence-corrected chi connectivity index (χ3v) is 6.55. The van der Waals surface area contributed by atoms with E-state index >= 15 is 0 Å². The Morgan fingerprint density at radius 1 is 1.59 bits per heavy atom. The Labute approximate surface area is 114 Å². The molecule has 1 aliphatic heterocycles. The van der Waals surface area contributed by atoms with Crippen LogP contribution in [0.4, 0.5) is 0 Å². The van der Waals surface area contributed by atoms with E-state index in [4.69, 9.17) is 5.73 Å². The fourth-order valence-electron chi connectivity index (χ4n) is 2.02. The third kappa shape index (κ3) is 2.73. The lowest BCUT2D eigenvalue weighted by Crippen LogP contribution is -2.45. The fourth-order valence-corrected chi connectivity index (χ4v) is 5.94. The highest BCUT2D eigenvalue weighted by molar-refractivity contribution is 9.11. The maximum Gasteiger partial charge on any atom is 0.244 e. The molecule has 0 aromatic carbocycles. The summed E-state index contributed by atoms with van der Waals surface area (Å²) in [5.74, 6) is 0. The van der Waals surface area contributed by atoms with Crippen molar-refractivity contribution in [3.8, 4) is 0 Å². The van der Waals surface area contributed by atoms with E-state index < -0.39 is 10.0 Å². The molecule has 0 saturated carbocycles. The van der Waals surface area contributed by atoms with Gasteiger partial charge in [0.15, 0.2) is 0 Å². The normalized spacial score (nSPS) is 22.9. The topological polar surface area (TPSA) is 63.4 Å². The quantitative estimate of drug-likeness (QED) is 0.896. The van der Waals surface area contributed by atoms with E-state index in [1.807, 2.05) is 6.92 Å². The molecule has 2 rings (SSSR count). The van der Waals surface area contributed by atoms with E-state index in [0.29, 0.717) is 18.0 Å². The Morgan fingerprint density at radius 2 is 2.29 bits per heavy atom. The molecule has 96 valence electrons. The first-order chi connectivity index (χ1) is 7.91. The predicted octanol–water partition coefficient (Wildman–Crippen LogP) is 1.93. The van der Waals surface area contributed by atoms with Crippen LogP contribution in [0.15, 0.2) is 14.7 Å². The van der Waals surface area contributed by atoms with Gasteiger partial charge in [0.2, 0.25) is 10.0 Å². The smallest absolute Gasteiger partial charge is 0.244 e. The van der Waals surface area contributed by atoms with Gasteiger partial charge in [-0.1, -0.05) is 0 Å². The zero-order valence-electron chi connectivity index (χ0n) is 9.52. The van der Waals surface area contributed by atoms with Crippen LogP contribution in [0.25, 0.3) is 0 Å². The molecule has 7 heteroatoms. The highest BCUT2D eigenvalue weighted by Gasteiger charge is 2.30. The molecule has 1 unspecified atom stereocenters. The van der Waals surface area contributed by atoms with Crippen LogP contribution in [0.5, 0.6) is 0 Å². The highest BCUT2D eigenvalue weighted by atomic mass is 79.9. The van der Waals surface area contributed by atoms with Crippen molar-refractivity contribution in [2.24, 2.45) is 5.73 Å². The predicted molar refractivity (Wildman–Crippen MR) is 72.7 cm³/mol. The Hall–Kier alpha value is 0.0500. The van der Waals surface area contributed by atoms with Crippen LogP contribution >= 0.6 is 27.3 Å². The summed E-state index contributed by atoms with van der Waals surface area (Å²) in [5, 5.41) is 0. The summed E-state index contributed by atoms with van der Waals surface area (Å²) in [6.45, 7) is 2.82. The van der Waals surface area contributed by atoms with Crippen LogP contribution in [0.1, 0.15) is 17.7 Å². The number of aryl methyl sites for hydroxylation is 1. The Morgan fingerprint density at radius 3 is 2.82 bits per heavy atom. The van der Waals surface area contributed by atoms with Crippen molar-refractivity contribution in [3.05, 3.63) is 14.7 Å². The van der Waals surface area contributed by atoms with Crippen molar-refractivity contribution >= 4 is 37.3 Å². The molecule has 0 radical (unpaired) electrons. The van der Waals surface area contributed by atoms with E-state index in [-0.39, 0.29) is 6.04 Å². The summed E-state index contributed by atoms with van der Waals surface area (Å²) in [6.07, 6.45) is 1.74. The van der Waals surface area contributed by atoms with Crippen LogP contribution in [-0.2, 0) is 10.0 Å². The molecule has 4 nitrogen and oxygen atoms in total. The molecule has 2 heterocycles. The van der Waals surface area contributed by atoms with Crippen LogP contribution in [0.2, 0.25) is 0 Å². The van der Waals surface area contributed by atoms with Crippen molar-refractivity contribution in [2.75, 3.05) is 13.1 Å². The molecular weight excluding hydrogens is 324 g/mol. The van der Waals surface area contributed by atoms with Gasteiger partial charge in [-0.05, 0) is 41.8 Å². The number of nitrogens with zero attached hydrogens (tertiary/aromatic N) is 1. The lowest BCUT2D eigenvalue weighted by molar-refractivity contribution is 0.316. The molecular formula is C10H15BrN2O2S2. The number of halogens is 1. The van der Waals surface area contributed by atoms with Crippen LogP contribution in [0.3, 0.4) is 0 Å². The van der Waals surface area contributed by atoms with Crippen molar-refractivity contribution < 1.29 is 8.42 Å². The highest BCUT2D eigenvalue weighted by Crippen LogP contribution is 2.32. The van der Waals surface area contributed by atoms with Gasteiger partial charge in [-0.15, -0.1) is 11.3 Å². The molecule has 1 atom stereocenters. The summed E-state index contributed by atoms with van der Waals surface area (Å²) in [6, 6.07) is 1.64. The second-order valence-corrected chi connectivity index (χ2v) is 8.78. The second-order valence-electron chi connectivity index (χ2n) is 4.24. The number of thiophene rings is 1. The van der Waals surface area contributed by atoms with Gasteiger partial charge in [0.1, 0.15) is 0 Å². The van der Waals surface area contributed by atoms with Gasteiger partial charge in [0, 0.05) is 24.0 Å². The standard InChI is InChI=1S/C10H15BrN2O2S2/c1-7-9(5-10(11)16-7)17(14,15)13-4-2-3-8(12)6-13/h5,8H,2-4,6,12H2,1H3. The van der Waals surface area contributed by atoms with E-state index in [1.54, 1.807) is 6.07 Å². The molecule has 0 aliphatic carbocycles. The third-order valence-electron chi connectivity index (χ3n) is 2.88. The second kappa shape index (κ2) is 4.97. The van der Waals surface area contributed by atoms with Crippen molar-refractivity contribution in [3.63, 3.8) is 0 Å². The van der Waals surface area contributed by atoms with Crippen LogP contribution in [0, 0.1) is 6.92 Å². The summed E-state index contributed by atoms with van der Waals surface area (Å²) >= 11 is 4.76. The maximum absolute atomic E-state index is 12.4. The minimum Gasteiger partial charge on any atom is -0.327 e. The largest absolute Gasteiger partial charge is 0.327 e. The first-order valence-electron chi connectivity index (χ1n) is 5.43. The van der Waals surface area contributed by atoms with Crippen LogP contribution in [-0.4, -0.2) is 31.9 Å².